The molecule has 0 saturated heterocycles. The van der Waals surface area contributed by atoms with E-state index in [2.05, 4.69) is 10.3 Å². The third-order valence-electron chi connectivity index (χ3n) is 2.38. The van der Waals surface area contributed by atoms with Gasteiger partial charge in [0.15, 0.2) is 6.79 Å². The van der Waals surface area contributed by atoms with Gasteiger partial charge in [-0.1, -0.05) is 6.07 Å². The first-order valence-electron chi connectivity index (χ1n) is 5.37. The van der Waals surface area contributed by atoms with E-state index in [1.54, 1.807) is 19.3 Å². The van der Waals surface area contributed by atoms with Gasteiger partial charge in [0.2, 0.25) is 11.8 Å². The zero-order chi connectivity index (χ0) is 12.1. The van der Waals surface area contributed by atoms with Gasteiger partial charge in [0.1, 0.15) is 0 Å². The number of rotatable bonds is 4. The highest BCUT2D eigenvalue weighted by molar-refractivity contribution is 5.96. The number of carbonyl (C=O) groups excluding carboxylic acids is 1. The van der Waals surface area contributed by atoms with Crippen LogP contribution in [0.25, 0.3) is 5.57 Å². The van der Waals surface area contributed by atoms with Crippen molar-refractivity contribution >= 4 is 11.5 Å². The third kappa shape index (κ3) is 3.04. The molecule has 0 atom stereocenters. The van der Waals surface area contributed by atoms with Gasteiger partial charge < -0.3 is 14.8 Å². The number of nitrogens with zero attached hydrogens (tertiary/aromatic N) is 1. The summed E-state index contributed by atoms with van der Waals surface area (Å²) in [6, 6.07) is 5.47. The van der Waals surface area contributed by atoms with E-state index >= 15 is 0 Å². The van der Waals surface area contributed by atoms with Crippen molar-refractivity contribution in [2.45, 2.75) is 6.42 Å². The van der Waals surface area contributed by atoms with Crippen LogP contribution in [0, 0.1) is 0 Å². The first kappa shape index (κ1) is 11.6. The lowest BCUT2D eigenvalue weighted by Crippen LogP contribution is -2.26. The van der Waals surface area contributed by atoms with Crippen LogP contribution in [0.4, 0.5) is 0 Å². The van der Waals surface area contributed by atoms with Gasteiger partial charge in [-0.3, -0.25) is 4.79 Å². The van der Waals surface area contributed by atoms with Gasteiger partial charge in [-0.25, -0.2) is 4.98 Å². The minimum absolute atomic E-state index is 0.0729. The van der Waals surface area contributed by atoms with Gasteiger partial charge >= 0.3 is 0 Å². The lowest BCUT2D eigenvalue weighted by molar-refractivity contribution is -0.116. The maximum absolute atomic E-state index is 11.2. The summed E-state index contributed by atoms with van der Waals surface area (Å²) in [5.74, 6) is 0.424. The summed E-state index contributed by atoms with van der Waals surface area (Å²) < 4.78 is 10.1. The summed E-state index contributed by atoms with van der Waals surface area (Å²) in [7, 11) is 1.55. The third-order valence-corrected chi connectivity index (χ3v) is 2.38. The van der Waals surface area contributed by atoms with Crippen LogP contribution in [-0.4, -0.2) is 31.3 Å². The Morgan fingerprint density at radius 3 is 3.12 bits per heavy atom. The van der Waals surface area contributed by atoms with Crippen molar-refractivity contribution in [2.24, 2.45) is 0 Å². The topological polar surface area (TPSA) is 60.5 Å². The normalized spacial score (nSPS) is 15.1. The zero-order valence-electron chi connectivity index (χ0n) is 9.60. The van der Waals surface area contributed by atoms with Gasteiger partial charge in [-0.15, -0.1) is 0 Å². The second-order valence-electron chi connectivity index (χ2n) is 3.62. The molecule has 0 saturated carbocycles. The SMILES string of the molecule is COCOc1cccc(C2=CC(=O)NCC2)n1. The molecule has 1 aromatic rings. The fourth-order valence-electron chi connectivity index (χ4n) is 1.60. The average molecular weight is 234 g/mol. The van der Waals surface area contributed by atoms with Crippen molar-refractivity contribution in [1.29, 1.82) is 0 Å². The van der Waals surface area contributed by atoms with Crippen LogP contribution in [0.3, 0.4) is 0 Å². The molecule has 0 fully saturated rings. The number of methoxy groups -OCH3 is 1. The predicted molar refractivity (Wildman–Crippen MR) is 62.3 cm³/mol. The van der Waals surface area contributed by atoms with Crippen molar-refractivity contribution in [1.82, 2.24) is 10.3 Å². The van der Waals surface area contributed by atoms with Crippen molar-refractivity contribution in [2.75, 3.05) is 20.4 Å². The quantitative estimate of drug-likeness (QED) is 0.788. The molecule has 1 amide bonds. The number of ether oxygens (including phenoxy) is 2. The first-order valence-corrected chi connectivity index (χ1v) is 5.37. The van der Waals surface area contributed by atoms with Crippen molar-refractivity contribution in [3.05, 3.63) is 30.0 Å². The highest BCUT2D eigenvalue weighted by Gasteiger charge is 2.12. The Bertz CT molecular complexity index is 443. The van der Waals surface area contributed by atoms with E-state index in [0.29, 0.717) is 12.4 Å². The molecule has 0 bridgehead atoms. The Balaban J connectivity index is 2.17. The average Bonchev–Trinajstić information content (AvgIpc) is 2.37. The van der Waals surface area contributed by atoms with Crippen molar-refractivity contribution in [3.8, 4) is 5.88 Å². The van der Waals surface area contributed by atoms with Crippen LogP contribution in [-0.2, 0) is 9.53 Å². The van der Waals surface area contributed by atoms with Gasteiger partial charge in [0.05, 0.1) is 5.69 Å². The van der Waals surface area contributed by atoms with E-state index in [1.165, 1.54) is 0 Å². The molecule has 2 heterocycles. The number of pyridine rings is 1. The Morgan fingerprint density at radius 2 is 2.35 bits per heavy atom. The molecule has 0 aromatic carbocycles. The Hall–Kier alpha value is -1.88. The number of hydrogen-bond acceptors (Lipinski definition) is 4. The highest BCUT2D eigenvalue weighted by Crippen LogP contribution is 2.20. The molecule has 1 aromatic heterocycles. The van der Waals surface area contributed by atoms with E-state index in [-0.39, 0.29) is 12.7 Å². The lowest BCUT2D eigenvalue weighted by atomic mass is 10.1. The summed E-state index contributed by atoms with van der Waals surface area (Å²) in [5.41, 5.74) is 1.70. The molecule has 0 unspecified atom stereocenters. The molecule has 17 heavy (non-hydrogen) atoms. The van der Waals surface area contributed by atoms with E-state index in [0.717, 1.165) is 17.7 Å². The maximum atomic E-state index is 11.2. The van der Waals surface area contributed by atoms with Crippen LogP contribution >= 0.6 is 0 Å². The number of hydrogen-bond donors (Lipinski definition) is 1. The molecule has 1 aliphatic heterocycles. The van der Waals surface area contributed by atoms with Crippen LogP contribution in [0.5, 0.6) is 5.88 Å². The number of nitrogens with one attached hydrogen (secondary N) is 1. The summed E-state index contributed by atoms with van der Waals surface area (Å²) in [4.78, 5) is 15.6. The smallest absolute Gasteiger partial charge is 0.244 e. The minimum atomic E-state index is -0.0729. The molecule has 90 valence electrons. The summed E-state index contributed by atoms with van der Waals surface area (Å²) in [6.07, 6.45) is 2.36. The summed E-state index contributed by atoms with van der Waals surface area (Å²) in [6.45, 7) is 0.811. The zero-order valence-corrected chi connectivity index (χ0v) is 9.60. The Morgan fingerprint density at radius 1 is 1.47 bits per heavy atom. The number of amides is 1. The first-order chi connectivity index (χ1) is 8.29. The second kappa shape index (κ2) is 5.45. The summed E-state index contributed by atoms with van der Waals surface area (Å²) in [5, 5.41) is 2.74. The van der Waals surface area contributed by atoms with Gasteiger partial charge in [0.25, 0.3) is 0 Å². The van der Waals surface area contributed by atoms with Gasteiger partial charge in [-0.05, 0) is 18.1 Å². The standard InChI is InChI=1S/C12H14N2O3/c1-16-8-17-12-4-2-3-10(14-12)9-5-6-13-11(15)7-9/h2-4,7H,5-6,8H2,1H3,(H,13,15). The van der Waals surface area contributed by atoms with Crippen molar-refractivity contribution < 1.29 is 14.3 Å². The van der Waals surface area contributed by atoms with Gasteiger partial charge in [0, 0.05) is 25.8 Å². The van der Waals surface area contributed by atoms with E-state index in [1.807, 2.05) is 12.1 Å². The number of aromatic nitrogens is 1. The molecule has 5 nitrogen and oxygen atoms in total. The molecular weight excluding hydrogens is 220 g/mol. The number of carbonyl (C=O) groups is 1. The summed E-state index contributed by atoms with van der Waals surface area (Å²) >= 11 is 0. The molecule has 1 N–H and O–H groups in total. The largest absolute Gasteiger partial charge is 0.451 e. The van der Waals surface area contributed by atoms with Crippen LogP contribution in [0.1, 0.15) is 12.1 Å². The molecule has 0 radical (unpaired) electrons. The van der Waals surface area contributed by atoms with Crippen LogP contribution < -0.4 is 10.1 Å². The maximum Gasteiger partial charge on any atom is 0.244 e. The fraction of sp³-hybridized carbons (Fsp3) is 0.333. The molecule has 5 heteroatoms. The molecule has 1 aliphatic rings. The van der Waals surface area contributed by atoms with E-state index in [4.69, 9.17) is 9.47 Å². The fourth-order valence-corrected chi connectivity index (χ4v) is 1.60. The Labute approximate surface area is 99.4 Å². The van der Waals surface area contributed by atoms with Crippen molar-refractivity contribution in [3.63, 3.8) is 0 Å². The van der Waals surface area contributed by atoms with Crippen LogP contribution in [0.2, 0.25) is 0 Å². The van der Waals surface area contributed by atoms with E-state index in [9.17, 15) is 4.79 Å². The highest BCUT2D eigenvalue weighted by atomic mass is 16.7. The molecule has 0 aliphatic carbocycles. The minimum Gasteiger partial charge on any atom is -0.451 e. The van der Waals surface area contributed by atoms with Crippen LogP contribution in [0.15, 0.2) is 24.3 Å². The monoisotopic (exact) mass is 234 g/mol. The second-order valence-corrected chi connectivity index (χ2v) is 3.62. The van der Waals surface area contributed by atoms with E-state index < -0.39 is 0 Å². The molecule has 2 rings (SSSR count). The Kier molecular flexibility index (Phi) is 3.72. The lowest BCUT2D eigenvalue weighted by Gasteiger charge is -2.13. The molecular formula is C12H14N2O3. The predicted octanol–water partition coefficient (Wildman–Crippen LogP) is 0.968. The molecule has 0 spiro atoms. The van der Waals surface area contributed by atoms with Gasteiger partial charge in [-0.2, -0.15) is 0 Å².